The van der Waals surface area contributed by atoms with Crippen molar-refractivity contribution in [3.05, 3.63) is 45.0 Å². The highest BCUT2D eigenvalue weighted by atomic mass is 32.1. The molecule has 1 aromatic carbocycles. The average Bonchev–Trinajstić information content (AvgIpc) is 2.73. The van der Waals surface area contributed by atoms with Crippen molar-refractivity contribution in [3.8, 4) is 0 Å². The van der Waals surface area contributed by atoms with E-state index >= 15 is 0 Å². The topological polar surface area (TPSA) is 46.0 Å². The number of H-pyrrole nitrogens is 1. The Labute approximate surface area is 118 Å². The van der Waals surface area contributed by atoms with E-state index in [1.807, 2.05) is 13.1 Å². The number of aromatic nitrogens is 3. The molecule has 1 heterocycles. The van der Waals surface area contributed by atoms with Gasteiger partial charge in [0.05, 0.1) is 6.21 Å². The number of aromatic amines is 1. The van der Waals surface area contributed by atoms with Crippen LogP contribution in [0.1, 0.15) is 35.0 Å². The zero-order chi connectivity index (χ0) is 14.0. The molecule has 0 bridgehead atoms. The lowest BCUT2D eigenvalue weighted by atomic mass is 10.0. The second-order valence-electron chi connectivity index (χ2n) is 4.65. The summed E-state index contributed by atoms with van der Waals surface area (Å²) in [6, 6.07) is 4.32. The van der Waals surface area contributed by atoms with Crippen molar-refractivity contribution in [2.45, 2.75) is 34.1 Å². The van der Waals surface area contributed by atoms with E-state index in [1.165, 1.54) is 16.7 Å². The quantitative estimate of drug-likeness (QED) is 0.689. The number of benzene rings is 1. The molecule has 0 aliphatic rings. The Morgan fingerprint density at radius 1 is 1.26 bits per heavy atom. The van der Waals surface area contributed by atoms with Crippen LogP contribution >= 0.6 is 12.2 Å². The van der Waals surface area contributed by atoms with Crippen LogP contribution in [0.25, 0.3) is 0 Å². The molecule has 19 heavy (non-hydrogen) atoms. The van der Waals surface area contributed by atoms with Gasteiger partial charge in [0.1, 0.15) is 0 Å². The molecular formula is C14H18N4S. The van der Waals surface area contributed by atoms with Crippen LogP contribution in [0.3, 0.4) is 0 Å². The fourth-order valence-corrected chi connectivity index (χ4v) is 2.11. The van der Waals surface area contributed by atoms with Crippen molar-refractivity contribution >= 4 is 18.4 Å². The minimum Gasteiger partial charge on any atom is -0.250 e. The molecule has 2 aromatic rings. The van der Waals surface area contributed by atoms with Gasteiger partial charge >= 0.3 is 0 Å². The largest absolute Gasteiger partial charge is 0.250 e. The highest BCUT2D eigenvalue weighted by Crippen LogP contribution is 2.13. The van der Waals surface area contributed by atoms with Crippen LogP contribution < -0.4 is 0 Å². The highest BCUT2D eigenvalue weighted by Gasteiger charge is 2.03. The Kier molecular flexibility index (Phi) is 3.95. The van der Waals surface area contributed by atoms with Gasteiger partial charge in [-0.3, -0.25) is 5.10 Å². The number of hydrogen-bond donors (Lipinski definition) is 1. The van der Waals surface area contributed by atoms with E-state index in [0.29, 0.717) is 4.77 Å². The molecule has 0 aliphatic carbocycles. The van der Waals surface area contributed by atoms with Gasteiger partial charge in [0.15, 0.2) is 5.82 Å². The van der Waals surface area contributed by atoms with Gasteiger partial charge in [-0.1, -0.05) is 13.0 Å². The molecule has 0 saturated carbocycles. The third kappa shape index (κ3) is 2.81. The van der Waals surface area contributed by atoms with Crippen LogP contribution in [0.15, 0.2) is 17.2 Å². The van der Waals surface area contributed by atoms with Crippen molar-refractivity contribution in [2.24, 2.45) is 5.10 Å². The number of nitrogens with one attached hydrogen (secondary N) is 1. The van der Waals surface area contributed by atoms with Crippen LogP contribution in [0.5, 0.6) is 0 Å². The zero-order valence-electron chi connectivity index (χ0n) is 11.7. The molecule has 0 spiro atoms. The van der Waals surface area contributed by atoms with Gasteiger partial charge in [0, 0.05) is 6.42 Å². The van der Waals surface area contributed by atoms with Crippen LogP contribution in [-0.2, 0) is 6.42 Å². The van der Waals surface area contributed by atoms with Crippen LogP contribution in [-0.4, -0.2) is 21.1 Å². The van der Waals surface area contributed by atoms with Crippen molar-refractivity contribution < 1.29 is 0 Å². The summed E-state index contributed by atoms with van der Waals surface area (Å²) in [7, 11) is 0. The molecule has 4 nitrogen and oxygen atoms in total. The molecule has 0 atom stereocenters. The summed E-state index contributed by atoms with van der Waals surface area (Å²) in [4.78, 5) is 0. The fraction of sp³-hybridized carbons (Fsp3) is 0.357. The first kappa shape index (κ1) is 13.7. The Bertz CT molecular complexity index is 679. The van der Waals surface area contributed by atoms with Crippen LogP contribution in [0.4, 0.5) is 0 Å². The summed E-state index contributed by atoms with van der Waals surface area (Å²) in [6.45, 7) is 8.33. The number of hydrogen-bond acceptors (Lipinski definition) is 3. The van der Waals surface area contributed by atoms with Gasteiger partial charge in [-0.15, -0.1) is 0 Å². The standard InChI is InChI=1S/C14H18N4S/c1-5-13-16-17-14(19)18(13)15-8-12-7-10(3)9(2)6-11(12)4/h6-8H,5H2,1-4H3,(H,17,19)/b15-8-. The summed E-state index contributed by atoms with van der Waals surface area (Å²) in [6.07, 6.45) is 2.63. The lowest BCUT2D eigenvalue weighted by Gasteiger charge is -2.05. The van der Waals surface area contributed by atoms with Gasteiger partial charge in [-0.2, -0.15) is 14.9 Å². The van der Waals surface area contributed by atoms with Gasteiger partial charge in [0.2, 0.25) is 4.77 Å². The Balaban J connectivity index is 2.40. The molecular weight excluding hydrogens is 256 g/mol. The number of nitrogens with zero attached hydrogens (tertiary/aromatic N) is 3. The Morgan fingerprint density at radius 2 is 1.95 bits per heavy atom. The lowest BCUT2D eigenvalue weighted by Crippen LogP contribution is -1.99. The number of aryl methyl sites for hydroxylation is 4. The van der Waals surface area contributed by atoms with Crippen molar-refractivity contribution in [1.29, 1.82) is 0 Å². The van der Waals surface area contributed by atoms with E-state index in [0.717, 1.165) is 17.8 Å². The lowest BCUT2D eigenvalue weighted by molar-refractivity contribution is 0.780. The molecule has 0 saturated heterocycles. The summed E-state index contributed by atoms with van der Waals surface area (Å²) in [5.74, 6) is 0.836. The molecule has 100 valence electrons. The fourth-order valence-electron chi connectivity index (χ4n) is 1.91. The maximum atomic E-state index is 5.17. The number of rotatable bonds is 3. The smallest absolute Gasteiger partial charge is 0.216 e. The van der Waals surface area contributed by atoms with Gasteiger partial charge in [0.25, 0.3) is 0 Å². The molecule has 2 rings (SSSR count). The van der Waals surface area contributed by atoms with Gasteiger partial charge in [-0.05, 0) is 61.3 Å². The summed E-state index contributed by atoms with van der Waals surface area (Å²) in [5, 5.41) is 11.3. The molecule has 5 heteroatoms. The molecule has 1 N–H and O–H groups in total. The van der Waals surface area contributed by atoms with E-state index < -0.39 is 0 Å². The van der Waals surface area contributed by atoms with Gasteiger partial charge < -0.3 is 0 Å². The molecule has 0 fully saturated rings. The molecule has 0 amide bonds. The predicted octanol–water partition coefficient (Wildman–Crippen LogP) is 3.31. The second-order valence-corrected chi connectivity index (χ2v) is 5.03. The van der Waals surface area contributed by atoms with Crippen molar-refractivity contribution in [1.82, 2.24) is 14.9 Å². The third-order valence-corrected chi connectivity index (χ3v) is 3.49. The van der Waals surface area contributed by atoms with E-state index in [1.54, 1.807) is 4.68 Å². The second kappa shape index (κ2) is 5.48. The van der Waals surface area contributed by atoms with Crippen LogP contribution in [0, 0.1) is 25.5 Å². The van der Waals surface area contributed by atoms with Crippen LogP contribution in [0.2, 0.25) is 0 Å². The SMILES string of the molecule is CCc1n[nH]c(=S)n1/N=C\c1cc(C)c(C)cc1C. The van der Waals surface area contributed by atoms with Crippen molar-refractivity contribution in [2.75, 3.05) is 0 Å². The van der Waals surface area contributed by atoms with E-state index in [9.17, 15) is 0 Å². The first-order chi connectivity index (χ1) is 9.02. The minimum absolute atomic E-state index is 0.523. The first-order valence-corrected chi connectivity index (χ1v) is 6.72. The van der Waals surface area contributed by atoms with E-state index in [2.05, 4.69) is 48.2 Å². The predicted molar refractivity (Wildman–Crippen MR) is 80.4 cm³/mol. The zero-order valence-corrected chi connectivity index (χ0v) is 12.5. The normalized spacial score (nSPS) is 11.4. The first-order valence-electron chi connectivity index (χ1n) is 6.31. The summed E-state index contributed by atoms with van der Waals surface area (Å²) in [5.41, 5.74) is 4.87. The van der Waals surface area contributed by atoms with Gasteiger partial charge in [-0.25, -0.2) is 0 Å². The molecule has 0 aliphatic heterocycles. The molecule has 0 unspecified atom stereocenters. The Hall–Kier alpha value is -1.75. The minimum atomic E-state index is 0.523. The highest BCUT2D eigenvalue weighted by molar-refractivity contribution is 7.71. The third-order valence-electron chi connectivity index (χ3n) is 3.23. The Morgan fingerprint density at radius 3 is 2.63 bits per heavy atom. The van der Waals surface area contributed by atoms with E-state index in [4.69, 9.17) is 12.2 Å². The maximum absolute atomic E-state index is 5.17. The average molecular weight is 274 g/mol. The van der Waals surface area contributed by atoms with Crippen molar-refractivity contribution in [3.63, 3.8) is 0 Å². The maximum Gasteiger partial charge on any atom is 0.216 e. The molecule has 1 aromatic heterocycles. The summed E-state index contributed by atoms with van der Waals surface area (Å²) >= 11 is 5.17. The molecule has 0 radical (unpaired) electrons. The van der Waals surface area contributed by atoms with E-state index in [-0.39, 0.29) is 0 Å². The monoisotopic (exact) mass is 274 g/mol. The summed E-state index contributed by atoms with van der Waals surface area (Å²) < 4.78 is 2.19.